The molecule has 0 aliphatic rings. The Kier molecular flexibility index (Phi) is 4.54. The highest BCUT2D eigenvalue weighted by Crippen LogP contribution is 2.27. The molecule has 0 aromatic heterocycles. The Balaban J connectivity index is 2.89. The summed E-state index contributed by atoms with van der Waals surface area (Å²) in [4.78, 5) is 0. The maximum Gasteiger partial charge on any atom is 0.106 e. The Morgan fingerprint density at radius 2 is 2.07 bits per heavy atom. The number of hydrogen-bond donors (Lipinski definition) is 3. The van der Waals surface area contributed by atoms with Crippen molar-refractivity contribution in [1.29, 1.82) is 0 Å². The van der Waals surface area contributed by atoms with Crippen molar-refractivity contribution in [3.63, 3.8) is 0 Å². The Hall–Kier alpha value is -0.610. The topological polar surface area (TPSA) is 66.5 Å². The van der Waals surface area contributed by atoms with E-state index in [4.69, 9.17) is 17.3 Å². The van der Waals surface area contributed by atoms with Crippen LogP contribution in [0.15, 0.2) is 18.2 Å². The van der Waals surface area contributed by atoms with Gasteiger partial charge in [0.15, 0.2) is 0 Å². The summed E-state index contributed by atoms with van der Waals surface area (Å²) >= 11 is 5.93. The van der Waals surface area contributed by atoms with Crippen LogP contribution in [0, 0.1) is 6.92 Å². The summed E-state index contributed by atoms with van der Waals surface area (Å²) in [6, 6.07) is 5.34. The fraction of sp³-hybridized carbons (Fsp3) is 0.455. The molecule has 1 aromatic carbocycles. The number of aliphatic hydroxyl groups is 2. The molecular weight excluding hydrogens is 214 g/mol. The van der Waals surface area contributed by atoms with Gasteiger partial charge in [0.2, 0.25) is 0 Å². The lowest BCUT2D eigenvalue weighted by atomic mass is 10.0. The zero-order valence-corrected chi connectivity index (χ0v) is 9.41. The van der Waals surface area contributed by atoms with Crippen molar-refractivity contribution in [3.05, 3.63) is 34.3 Å². The molecule has 3 nitrogen and oxygen atoms in total. The van der Waals surface area contributed by atoms with Crippen LogP contribution in [0.4, 0.5) is 0 Å². The van der Waals surface area contributed by atoms with Crippen molar-refractivity contribution < 1.29 is 10.2 Å². The molecular formula is C11H16ClNO2. The van der Waals surface area contributed by atoms with E-state index in [0.717, 1.165) is 5.56 Å². The molecule has 0 amide bonds. The smallest absolute Gasteiger partial charge is 0.106 e. The second kappa shape index (κ2) is 5.47. The molecule has 1 rings (SSSR count). The van der Waals surface area contributed by atoms with E-state index in [9.17, 15) is 10.2 Å². The monoisotopic (exact) mass is 229 g/mol. The summed E-state index contributed by atoms with van der Waals surface area (Å²) in [5.41, 5.74) is 6.86. The van der Waals surface area contributed by atoms with E-state index in [1.165, 1.54) is 0 Å². The van der Waals surface area contributed by atoms with Crippen molar-refractivity contribution >= 4 is 11.6 Å². The van der Waals surface area contributed by atoms with Crippen LogP contribution in [0.1, 0.15) is 23.7 Å². The molecule has 0 saturated heterocycles. The molecule has 0 spiro atoms. The number of nitrogens with two attached hydrogens (primary N) is 1. The number of rotatable bonds is 4. The fourth-order valence-electron chi connectivity index (χ4n) is 1.43. The fourth-order valence-corrected chi connectivity index (χ4v) is 1.66. The van der Waals surface area contributed by atoms with E-state index in [2.05, 4.69) is 0 Å². The molecule has 0 fully saturated rings. The first-order valence-corrected chi connectivity index (χ1v) is 5.26. The summed E-state index contributed by atoms with van der Waals surface area (Å²) in [6.45, 7) is 2.24. The Morgan fingerprint density at radius 1 is 1.40 bits per heavy atom. The average molecular weight is 230 g/mol. The predicted octanol–water partition coefficient (Wildman–Crippen LogP) is 1.39. The Labute approximate surface area is 94.5 Å². The van der Waals surface area contributed by atoms with Gasteiger partial charge in [-0.3, -0.25) is 0 Å². The molecule has 0 aliphatic heterocycles. The molecule has 4 N–H and O–H groups in total. The minimum atomic E-state index is -0.971. The maximum atomic E-state index is 9.84. The third kappa shape index (κ3) is 3.18. The van der Waals surface area contributed by atoms with Gasteiger partial charge in [0.1, 0.15) is 6.10 Å². The number of hydrogen-bond acceptors (Lipinski definition) is 3. The zero-order chi connectivity index (χ0) is 11.4. The van der Waals surface area contributed by atoms with Gasteiger partial charge in [0.25, 0.3) is 0 Å². The summed E-state index contributed by atoms with van der Waals surface area (Å²) in [7, 11) is 0. The zero-order valence-electron chi connectivity index (χ0n) is 8.65. The van der Waals surface area contributed by atoms with Crippen LogP contribution in [0.25, 0.3) is 0 Å². The van der Waals surface area contributed by atoms with Gasteiger partial charge < -0.3 is 15.9 Å². The van der Waals surface area contributed by atoms with Crippen LogP contribution in [0.2, 0.25) is 5.02 Å². The van der Waals surface area contributed by atoms with Crippen LogP contribution in [-0.4, -0.2) is 22.9 Å². The molecule has 1 aromatic rings. The highest BCUT2D eigenvalue weighted by Gasteiger charge is 2.19. The molecule has 2 unspecified atom stereocenters. The van der Waals surface area contributed by atoms with Gasteiger partial charge >= 0.3 is 0 Å². The first-order valence-electron chi connectivity index (χ1n) is 4.88. The number of aryl methyl sites for hydroxylation is 1. The van der Waals surface area contributed by atoms with Crippen LogP contribution < -0.4 is 5.73 Å². The first-order chi connectivity index (χ1) is 7.06. The second-order valence-electron chi connectivity index (χ2n) is 3.61. The molecule has 0 heterocycles. The minimum absolute atomic E-state index is 0.335. The Bertz CT molecular complexity index is 330. The molecule has 4 heteroatoms. The standard InChI is InChI=1S/C11H16ClNO2/c1-7-2-3-9(12)8(6-7)11(15)10(14)4-5-13/h2-3,6,10-11,14-15H,4-5,13H2,1H3. The van der Waals surface area contributed by atoms with E-state index in [-0.39, 0.29) is 0 Å². The van der Waals surface area contributed by atoms with Crippen molar-refractivity contribution in [2.45, 2.75) is 25.6 Å². The van der Waals surface area contributed by atoms with Crippen molar-refractivity contribution in [2.24, 2.45) is 5.73 Å². The average Bonchev–Trinajstić information content (AvgIpc) is 2.21. The summed E-state index contributed by atoms with van der Waals surface area (Å²) < 4.78 is 0. The van der Waals surface area contributed by atoms with Gasteiger partial charge in [0, 0.05) is 10.6 Å². The molecule has 0 radical (unpaired) electrons. The number of benzene rings is 1. The van der Waals surface area contributed by atoms with Gasteiger partial charge in [-0.2, -0.15) is 0 Å². The van der Waals surface area contributed by atoms with E-state index in [1.54, 1.807) is 12.1 Å². The van der Waals surface area contributed by atoms with E-state index in [0.29, 0.717) is 23.6 Å². The third-order valence-electron chi connectivity index (χ3n) is 2.30. The highest BCUT2D eigenvalue weighted by atomic mass is 35.5. The summed E-state index contributed by atoms with van der Waals surface area (Å²) in [5, 5.41) is 19.9. The van der Waals surface area contributed by atoms with Crippen LogP contribution in [-0.2, 0) is 0 Å². The van der Waals surface area contributed by atoms with Crippen LogP contribution in [0.5, 0.6) is 0 Å². The second-order valence-corrected chi connectivity index (χ2v) is 4.02. The van der Waals surface area contributed by atoms with E-state index >= 15 is 0 Å². The molecule has 15 heavy (non-hydrogen) atoms. The van der Waals surface area contributed by atoms with Crippen molar-refractivity contribution in [2.75, 3.05) is 6.54 Å². The Morgan fingerprint density at radius 3 is 2.67 bits per heavy atom. The maximum absolute atomic E-state index is 9.84. The quantitative estimate of drug-likeness (QED) is 0.731. The third-order valence-corrected chi connectivity index (χ3v) is 2.64. The molecule has 0 saturated carbocycles. The SMILES string of the molecule is Cc1ccc(Cl)c(C(O)C(O)CCN)c1. The van der Waals surface area contributed by atoms with Gasteiger partial charge in [0.05, 0.1) is 6.10 Å². The lowest BCUT2D eigenvalue weighted by molar-refractivity contribution is 0.0150. The van der Waals surface area contributed by atoms with Crippen molar-refractivity contribution in [1.82, 2.24) is 0 Å². The lowest BCUT2D eigenvalue weighted by Crippen LogP contribution is -2.22. The normalized spacial score (nSPS) is 15.0. The summed E-state index contributed by atoms with van der Waals surface area (Å²) in [6.07, 6.45) is -1.49. The van der Waals surface area contributed by atoms with Gasteiger partial charge in [-0.05, 0) is 26.0 Å². The molecule has 0 bridgehead atoms. The van der Waals surface area contributed by atoms with Crippen molar-refractivity contribution in [3.8, 4) is 0 Å². The predicted molar refractivity (Wildman–Crippen MR) is 60.8 cm³/mol. The van der Waals surface area contributed by atoms with E-state index in [1.807, 2.05) is 13.0 Å². The lowest BCUT2D eigenvalue weighted by Gasteiger charge is -2.18. The molecule has 84 valence electrons. The first kappa shape index (κ1) is 12.5. The highest BCUT2D eigenvalue weighted by molar-refractivity contribution is 6.31. The van der Waals surface area contributed by atoms with Gasteiger partial charge in [-0.25, -0.2) is 0 Å². The van der Waals surface area contributed by atoms with Gasteiger partial charge in [-0.1, -0.05) is 29.3 Å². The largest absolute Gasteiger partial charge is 0.390 e. The molecule has 2 atom stereocenters. The van der Waals surface area contributed by atoms with Crippen LogP contribution >= 0.6 is 11.6 Å². The minimum Gasteiger partial charge on any atom is -0.390 e. The van der Waals surface area contributed by atoms with E-state index < -0.39 is 12.2 Å². The van der Waals surface area contributed by atoms with Crippen LogP contribution in [0.3, 0.4) is 0 Å². The number of halogens is 1. The number of aliphatic hydroxyl groups excluding tert-OH is 2. The molecule has 0 aliphatic carbocycles. The van der Waals surface area contributed by atoms with Gasteiger partial charge in [-0.15, -0.1) is 0 Å². The summed E-state index contributed by atoms with van der Waals surface area (Å²) in [5.74, 6) is 0.